The number of sulfonamides is 1. The molecule has 0 unspecified atom stereocenters. The highest BCUT2D eigenvalue weighted by Crippen LogP contribution is 2.36. The van der Waals surface area contributed by atoms with E-state index in [4.69, 9.17) is 21.1 Å². The minimum Gasteiger partial charge on any atom is -0.486 e. The van der Waals surface area contributed by atoms with Crippen LogP contribution in [-0.2, 0) is 26.2 Å². The molecule has 0 fully saturated rings. The largest absolute Gasteiger partial charge is 0.486 e. The summed E-state index contributed by atoms with van der Waals surface area (Å²) in [6.45, 7) is 5.81. The lowest BCUT2D eigenvalue weighted by molar-refractivity contribution is -0.140. The van der Waals surface area contributed by atoms with Crippen molar-refractivity contribution in [3.63, 3.8) is 0 Å². The summed E-state index contributed by atoms with van der Waals surface area (Å²) in [6.07, 6.45) is 1.03. The third kappa shape index (κ3) is 7.17. The minimum atomic E-state index is -4.20. The first kappa shape index (κ1) is 31.2. The molecule has 1 aliphatic heterocycles. The van der Waals surface area contributed by atoms with Crippen molar-refractivity contribution < 1.29 is 27.5 Å². The summed E-state index contributed by atoms with van der Waals surface area (Å²) in [7, 11) is -4.20. The minimum absolute atomic E-state index is 0.0191. The summed E-state index contributed by atoms with van der Waals surface area (Å²) in [5.41, 5.74) is 0.866. The fourth-order valence-electron chi connectivity index (χ4n) is 4.61. The first-order chi connectivity index (χ1) is 20.1. The number of amides is 2. The molecule has 1 heterocycles. The smallest absolute Gasteiger partial charge is 0.264 e. The normalized spacial score (nSPS) is 14.0. The molecule has 11 heteroatoms. The average molecular weight is 614 g/mol. The van der Waals surface area contributed by atoms with Gasteiger partial charge < -0.3 is 19.7 Å². The number of nitrogens with one attached hydrogen (secondary N) is 1. The second kappa shape index (κ2) is 13.9. The van der Waals surface area contributed by atoms with E-state index in [1.807, 2.05) is 20.8 Å². The van der Waals surface area contributed by atoms with Crippen molar-refractivity contribution in [1.29, 1.82) is 0 Å². The Labute approximate surface area is 252 Å². The van der Waals surface area contributed by atoms with Gasteiger partial charge in [0.1, 0.15) is 25.8 Å². The third-order valence-corrected chi connectivity index (χ3v) is 9.27. The van der Waals surface area contributed by atoms with Crippen LogP contribution in [0.5, 0.6) is 11.5 Å². The van der Waals surface area contributed by atoms with Crippen molar-refractivity contribution in [3.8, 4) is 11.5 Å². The van der Waals surface area contributed by atoms with Gasteiger partial charge in [-0.15, -0.1) is 0 Å². The Balaban J connectivity index is 1.76. The monoisotopic (exact) mass is 613 g/mol. The highest BCUT2D eigenvalue weighted by Gasteiger charge is 2.34. The molecule has 0 aromatic heterocycles. The van der Waals surface area contributed by atoms with Gasteiger partial charge in [0, 0.05) is 23.7 Å². The molecule has 4 rings (SSSR count). The van der Waals surface area contributed by atoms with Crippen molar-refractivity contribution in [1.82, 2.24) is 10.2 Å². The second-order valence-electron chi connectivity index (χ2n) is 10.0. The molecule has 2 atom stereocenters. The fraction of sp³-hybridized carbons (Fsp3) is 0.355. The Morgan fingerprint density at radius 1 is 0.929 bits per heavy atom. The van der Waals surface area contributed by atoms with E-state index >= 15 is 0 Å². The molecule has 3 aromatic carbocycles. The highest BCUT2D eigenvalue weighted by atomic mass is 35.5. The van der Waals surface area contributed by atoms with Crippen LogP contribution in [0.3, 0.4) is 0 Å². The third-order valence-electron chi connectivity index (χ3n) is 7.11. The first-order valence-electron chi connectivity index (χ1n) is 14.0. The van der Waals surface area contributed by atoms with E-state index < -0.39 is 28.5 Å². The van der Waals surface area contributed by atoms with Gasteiger partial charge in [-0.25, -0.2) is 8.42 Å². The van der Waals surface area contributed by atoms with Gasteiger partial charge in [-0.3, -0.25) is 13.9 Å². The van der Waals surface area contributed by atoms with Crippen molar-refractivity contribution in [2.75, 3.05) is 24.1 Å². The maximum absolute atomic E-state index is 14.2. The summed E-state index contributed by atoms with van der Waals surface area (Å²) in [5.74, 6) is -0.00670. The number of halogens is 1. The van der Waals surface area contributed by atoms with E-state index in [0.29, 0.717) is 48.1 Å². The number of carbonyl (C=O) groups is 2. The van der Waals surface area contributed by atoms with Crippen LogP contribution in [0.4, 0.5) is 5.69 Å². The molecular formula is C31H36ClN3O6S. The van der Waals surface area contributed by atoms with Crippen LogP contribution in [0.15, 0.2) is 77.7 Å². The predicted molar refractivity (Wildman–Crippen MR) is 162 cm³/mol. The summed E-state index contributed by atoms with van der Waals surface area (Å²) in [5, 5.41) is 3.40. The van der Waals surface area contributed by atoms with Gasteiger partial charge in [-0.05, 0) is 55.7 Å². The van der Waals surface area contributed by atoms with Gasteiger partial charge in [0.2, 0.25) is 11.8 Å². The number of fused-ring (bicyclic) bond motifs is 1. The first-order valence-corrected chi connectivity index (χ1v) is 15.8. The van der Waals surface area contributed by atoms with E-state index in [0.717, 1.165) is 4.31 Å². The predicted octanol–water partition coefficient (Wildman–Crippen LogP) is 5.03. The van der Waals surface area contributed by atoms with Gasteiger partial charge >= 0.3 is 0 Å². The zero-order chi connectivity index (χ0) is 30.3. The molecule has 0 saturated carbocycles. The van der Waals surface area contributed by atoms with Crippen LogP contribution in [0.2, 0.25) is 5.02 Å². The van der Waals surface area contributed by atoms with E-state index in [1.165, 1.54) is 17.0 Å². The maximum Gasteiger partial charge on any atom is 0.264 e. The Morgan fingerprint density at radius 3 is 2.26 bits per heavy atom. The molecule has 3 aromatic rings. The Kier molecular flexibility index (Phi) is 10.3. The SMILES string of the molecule is CC[C@@H](C)NC(=O)[C@@H](CC)N(Cc1ccccc1Cl)C(=O)CN(c1ccc2c(c1)OCCO2)S(=O)(=O)c1ccccc1. The van der Waals surface area contributed by atoms with Crippen LogP contribution in [-0.4, -0.2) is 57.0 Å². The Morgan fingerprint density at radius 2 is 1.60 bits per heavy atom. The Hall–Kier alpha value is -3.76. The van der Waals surface area contributed by atoms with Crippen molar-refractivity contribution in [2.45, 2.75) is 57.1 Å². The quantitative estimate of drug-likeness (QED) is 0.307. The number of benzene rings is 3. The molecule has 224 valence electrons. The zero-order valence-electron chi connectivity index (χ0n) is 24.0. The van der Waals surface area contributed by atoms with Gasteiger partial charge in [0.15, 0.2) is 11.5 Å². The lowest BCUT2D eigenvalue weighted by Crippen LogP contribution is -2.53. The molecule has 42 heavy (non-hydrogen) atoms. The lowest BCUT2D eigenvalue weighted by atomic mass is 10.1. The van der Waals surface area contributed by atoms with Crippen LogP contribution in [0.25, 0.3) is 0 Å². The maximum atomic E-state index is 14.2. The van der Waals surface area contributed by atoms with Gasteiger partial charge in [-0.2, -0.15) is 0 Å². The highest BCUT2D eigenvalue weighted by molar-refractivity contribution is 7.92. The molecule has 0 radical (unpaired) electrons. The van der Waals surface area contributed by atoms with E-state index in [9.17, 15) is 18.0 Å². The number of rotatable bonds is 12. The van der Waals surface area contributed by atoms with Crippen molar-refractivity contribution in [3.05, 3.63) is 83.4 Å². The molecule has 1 aliphatic rings. The zero-order valence-corrected chi connectivity index (χ0v) is 25.5. The molecule has 1 N–H and O–H groups in total. The molecule has 0 aliphatic carbocycles. The second-order valence-corrected chi connectivity index (χ2v) is 12.3. The molecule has 0 saturated heterocycles. The molecule has 2 amide bonds. The van der Waals surface area contributed by atoms with Crippen LogP contribution in [0, 0.1) is 0 Å². The molecule has 0 spiro atoms. The van der Waals surface area contributed by atoms with Crippen LogP contribution < -0.4 is 19.1 Å². The lowest BCUT2D eigenvalue weighted by Gasteiger charge is -2.34. The number of anilines is 1. The molecule has 9 nitrogen and oxygen atoms in total. The van der Waals surface area contributed by atoms with E-state index in [2.05, 4.69) is 5.32 Å². The van der Waals surface area contributed by atoms with E-state index in [-0.39, 0.29) is 29.1 Å². The number of carbonyl (C=O) groups excluding carboxylic acids is 2. The number of nitrogens with zero attached hydrogens (tertiary/aromatic N) is 2. The van der Waals surface area contributed by atoms with Crippen molar-refractivity contribution >= 4 is 39.1 Å². The number of hydrogen-bond donors (Lipinski definition) is 1. The fourth-order valence-corrected chi connectivity index (χ4v) is 6.23. The number of hydrogen-bond acceptors (Lipinski definition) is 6. The topological polar surface area (TPSA) is 105 Å². The Bertz CT molecular complexity index is 1500. The van der Waals surface area contributed by atoms with Crippen LogP contribution in [0.1, 0.15) is 39.2 Å². The van der Waals surface area contributed by atoms with Gasteiger partial charge in [0.05, 0.1) is 10.6 Å². The summed E-state index contributed by atoms with van der Waals surface area (Å²) in [6, 6.07) is 18.8. The number of ether oxygens (including phenoxy) is 2. The summed E-state index contributed by atoms with van der Waals surface area (Å²) >= 11 is 6.46. The van der Waals surface area contributed by atoms with Gasteiger partial charge in [0.25, 0.3) is 10.0 Å². The summed E-state index contributed by atoms with van der Waals surface area (Å²) < 4.78 is 40.4. The molecule has 0 bridgehead atoms. The van der Waals surface area contributed by atoms with E-state index in [1.54, 1.807) is 60.7 Å². The van der Waals surface area contributed by atoms with Crippen molar-refractivity contribution in [2.24, 2.45) is 0 Å². The standard InChI is InChI=1S/C31H36ClN3O6S/c1-4-22(3)33-31(37)27(5-2)34(20-23-11-9-10-14-26(23)32)30(36)21-35(42(38,39)25-12-7-6-8-13-25)24-15-16-28-29(19-24)41-18-17-40-28/h6-16,19,22,27H,4-5,17-18,20-21H2,1-3H3,(H,33,37)/t22-,27-/m1/s1. The molecular weight excluding hydrogens is 578 g/mol. The summed E-state index contributed by atoms with van der Waals surface area (Å²) in [4.78, 5) is 29.0. The average Bonchev–Trinajstić information content (AvgIpc) is 3.00. The van der Waals surface area contributed by atoms with Gasteiger partial charge in [-0.1, -0.05) is 61.8 Å². The van der Waals surface area contributed by atoms with Crippen LogP contribution >= 0.6 is 11.6 Å².